The van der Waals surface area contributed by atoms with Gasteiger partial charge in [-0.1, -0.05) is 65.3 Å². The average Bonchev–Trinajstić information content (AvgIpc) is 2.98. The van der Waals surface area contributed by atoms with Crippen molar-refractivity contribution in [1.29, 1.82) is 0 Å². The average molecular weight is 601 g/mol. The lowest BCUT2D eigenvalue weighted by molar-refractivity contribution is -0.127. The molecule has 0 aliphatic heterocycles. The third kappa shape index (κ3) is 8.04. The molecule has 0 spiro atoms. The minimum Gasteiger partial charge on any atom is -0.494 e. The van der Waals surface area contributed by atoms with E-state index in [0.29, 0.717) is 35.0 Å². The van der Waals surface area contributed by atoms with Crippen LogP contribution in [0, 0.1) is 0 Å². The van der Waals surface area contributed by atoms with E-state index < -0.39 is 18.0 Å². The Labute approximate surface area is 241 Å². The number of hydrazone groups is 1. The molecule has 0 aliphatic rings. The SMILES string of the molecule is CCCOc1ccc(C(=O)Oc2ccc(Br)cc2/C=N\NC(=O)[C@H](C)Oc2ccc(-c3ccccc3)cc2)cc1. The summed E-state index contributed by atoms with van der Waals surface area (Å²) in [6, 6.07) is 29.4. The minimum absolute atomic E-state index is 0.292. The van der Waals surface area contributed by atoms with Gasteiger partial charge in [0.05, 0.1) is 18.4 Å². The van der Waals surface area contributed by atoms with Crippen molar-refractivity contribution in [2.24, 2.45) is 5.10 Å². The van der Waals surface area contributed by atoms with Gasteiger partial charge in [-0.3, -0.25) is 4.79 Å². The Kier molecular flexibility index (Phi) is 10.1. The van der Waals surface area contributed by atoms with Crippen molar-refractivity contribution in [3.05, 3.63) is 113 Å². The highest BCUT2D eigenvalue weighted by atomic mass is 79.9. The van der Waals surface area contributed by atoms with Crippen LogP contribution in [0.3, 0.4) is 0 Å². The normalized spacial score (nSPS) is 11.6. The van der Waals surface area contributed by atoms with E-state index in [4.69, 9.17) is 14.2 Å². The molecule has 0 unspecified atom stereocenters. The molecule has 1 atom stereocenters. The molecule has 204 valence electrons. The molecule has 1 amide bonds. The molecule has 4 aromatic carbocycles. The largest absolute Gasteiger partial charge is 0.494 e. The second-order valence-corrected chi connectivity index (χ2v) is 9.74. The second-order valence-electron chi connectivity index (χ2n) is 8.83. The van der Waals surface area contributed by atoms with Crippen molar-refractivity contribution in [1.82, 2.24) is 5.43 Å². The first kappa shape index (κ1) is 28.6. The highest BCUT2D eigenvalue weighted by molar-refractivity contribution is 9.10. The van der Waals surface area contributed by atoms with Gasteiger partial charge >= 0.3 is 5.97 Å². The van der Waals surface area contributed by atoms with Crippen LogP contribution in [0.25, 0.3) is 11.1 Å². The number of rotatable bonds is 11. The molecule has 7 nitrogen and oxygen atoms in total. The highest BCUT2D eigenvalue weighted by Crippen LogP contribution is 2.24. The Morgan fingerprint density at radius 3 is 2.27 bits per heavy atom. The lowest BCUT2D eigenvalue weighted by Gasteiger charge is -2.13. The molecule has 0 bridgehead atoms. The molecule has 0 saturated carbocycles. The maximum absolute atomic E-state index is 12.7. The van der Waals surface area contributed by atoms with E-state index in [1.165, 1.54) is 6.21 Å². The van der Waals surface area contributed by atoms with Crippen molar-refractivity contribution in [3.63, 3.8) is 0 Å². The zero-order valence-corrected chi connectivity index (χ0v) is 23.8. The third-order valence-corrected chi connectivity index (χ3v) is 6.25. The van der Waals surface area contributed by atoms with Crippen LogP contribution in [0.4, 0.5) is 0 Å². The number of amides is 1. The number of carbonyl (C=O) groups excluding carboxylic acids is 2. The summed E-state index contributed by atoms with van der Waals surface area (Å²) in [5.41, 5.74) is 5.51. The molecule has 0 aliphatic carbocycles. The first-order valence-electron chi connectivity index (χ1n) is 12.8. The Hall–Kier alpha value is -4.43. The van der Waals surface area contributed by atoms with Gasteiger partial charge in [-0.2, -0.15) is 5.10 Å². The van der Waals surface area contributed by atoms with Gasteiger partial charge in [-0.25, -0.2) is 10.2 Å². The molecule has 4 aromatic rings. The fourth-order valence-corrected chi connectivity index (χ4v) is 4.03. The summed E-state index contributed by atoms with van der Waals surface area (Å²) in [7, 11) is 0. The monoisotopic (exact) mass is 600 g/mol. The number of hydrogen-bond acceptors (Lipinski definition) is 6. The van der Waals surface area contributed by atoms with Crippen molar-refractivity contribution in [2.75, 3.05) is 6.61 Å². The zero-order chi connectivity index (χ0) is 28.3. The predicted molar refractivity (Wildman–Crippen MR) is 159 cm³/mol. The van der Waals surface area contributed by atoms with E-state index in [1.54, 1.807) is 49.4 Å². The Morgan fingerprint density at radius 2 is 1.57 bits per heavy atom. The number of ether oxygens (including phenoxy) is 3. The van der Waals surface area contributed by atoms with E-state index in [-0.39, 0.29) is 0 Å². The summed E-state index contributed by atoms with van der Waals surface area (Å²) in [4.78, 5) is 25.3. The van der Waals surface area contributed by atoms with Crippen LogP contribution < -0.4 is 19.6 Å². The van der Waals surface area contributed by atoms with Gasteiger partial charge in [0, 0.05) is 10.0 Å². The van der Waals surface area contributed by atoms with Crippen LogP contribution in [-0.4, -0.2) is 30.8 Å². The van der Waals surface area contributed by atoms with Gasteiger partial charge in [-0.15, -0.1) is 0 Å². The van der Waals surface area contributed by atoms with Crippen LogP contribution in [0.2, 0.25) is 0 Å². The molecule has 8 heteroatoms. The summed E-state index contributed by atoms with van der Waals surface area (Å²) < 4.78 is 17.7. The van der Waals surface area contributed by atoms with Crippen LogP contribution >= 0.6 is 15.9 Å². The van der Waals surface area contributed by atoms with E-state index in [9.17, 15) is 9.59 Å². The summed E-state index contributed by atoms with van der Waals surface area (Å²) in [6.07, 6.45) is 1.52. The van der Waals surface area contributed by atoms with E-state index in [1.807, 2.05) is 61.5 Å². The molecule has 4 rings (SSSR count). The lowest BCUT2D eigenvalue weighted by Crippen LogP contribution is -2.33. The quantitative estimate of drug-likeness (QED) is 0.0863. The number of nitrogens with one attached hydrogen (secondary N) is 1. The fourth-order valence-electron chi connectivity index (χ4n) is 3.65. The minimum atomic E-state index is -0.788. The maximum Gasteiger partial charge on any atom is 0.343 e. The van der Waals surface area contributed by atoms with E-state index in [0.717, 1.165) is 22.0 Å². The fraction of sp³-hybridized carbons (Fsp3) is 0.156. The van der Waals surface area contributed by atoms with Crippen LogP contribution in [0.5, 0.6) is 17.2 Å². The van der Waals surface area contributed by atoms with Crippen molar-refractivity contribution < 1.29 is 23.8 Å². The third-order valence-electron chi connectivity index (χ3n) is 5.76. The topological polar surface area (TPSA) is 86.2 Å². The van der Waals surface area contributed by atoms with Crippen LogP contribution in [0.1, 0.15) is 36.2 Å². The molecule has 1 N–H and O–H groups in total. The van der Waals surface area contributed by atoms with E-state index in [2.05, 4.69) is 26.5 Å². The Balaban J connectivity index is 1.34. The summed E-state index contributed by atoms with van der Waals surface area (Å²) in [6.45, 7) is 4.27. The Morgan fingerprint density at radius 1 is 0.900 bits per heavy atom. The van der Waals surface area contributed by atoms with Gasteiger partial charge in [-0.05, 0) is 79.1 Å². The molecule has 0 heterocycles. The van der Waals surface area contributed by atoms with E-state index >= 15 is 0 Å². The van der Waals surface area contributed by atoms with Gasteiger partial charge < -0.3 is 14.2 Å². The number of nitrogens with zero attached hydrogens (tertiary/aromatic N) is 1. The molecular weight excluding hydrogens is 572 g/mol. The smallest absolute Gasteiger partial charge is 0.343 e. The highest BCUT2D eigenvalue weighted by Gasteiger charge is 2.15. The predicted octanol–water partition coefficient (Wildman–Crippen LogP) is 7.04. The van der Waals surface area contributed by atoms with Gasteiger partial charge in [0.2, 0.25) is 0 Å². The van der Waals surface area contributed by atoms with Crippen molar-refractivity contribution in [2.45, 2.75) is 26.4 Å². The summed E-state index contributed by atoms with van der Waals surface area (Å²) in [5.74, 6) is 0.594. The number of benzene rings is 4. The van der Waals surface area contributed by atoms with Gasteiger partial charge in [0.15, 0.2) is 6.10 Å². The maximum atomic E-state index is 12.7. The van der Waals surface area contributed by atoms with Crippen LogP contribution in [-0.2, 0) is 4.79 Å². The molecule has 40 heavy (non-hydrogen) atoms. The first-order valence-corrected chi connectivity index (χ1v) is 13.6. The number of esters is 1. The zero-order valence-electron chi connectivity index (χ0n) is 22.2. The number of hydrogen-bond donors (Lipinski definition) is 1. The lowest BCUT2D eigenvalue weighted by atomic mass is 10.1. The first-order chi connectivity index (χ1) is 19.4. The Bertz CT molecular complexity index is 1460. The standard InChI is InChI=1S/C32H29BrN2O5/c1-3-19-38-28-14-11-25(12-15-28)32(37)40-30-18-13-27(33)20-26(30)21-34-35-31(36)22(2)39-29-16-9-24(10-17-29)23-7-5-4-6-8-23/h4-18,20-22H,3,19H2,1-2H3,(H,35,36)/b34-21-/t22-/m0/s1. The number of halogens is 1. The molecule has 0 radical (unpaired) electrons. The summed E-state index contributed by atoms with van der Waals surface area (Å²) in [5, 5.41) is 4.05. The molecular formula is C32H29BrN2O5. The van der Waals surface area contributed by atoms with Gasteiger partial charge in [0.1, 0.15) is 17.2 Å². The molecule has 0 saturated heterocycles. The molecule has 0 aromatic heterocycles. The van der Waals surface area contributed by atoms with Crippen molar-refractivity contribution in [3.8, 4) is 28.4 Å². The molecule has 0 fully saturated rings. The van der Waals surface area contributed by atoms with Crippen LogP contribution in [0.15, 0.2) is 107 Å². The second kappa shape index (κ2) is 14.1. The summed E-state index contributed by atoms with van der Waals surface area (Å²) >= 11 is 3.41. The van der Waals surface area contributed by atoms with Gasteiger partial charge in [0.25, 0.3) is 5.91 Å². The number of carbonyl (C=O) groups is 2. The van der Waals surface area contributed by atoms with Crippen molar-refractivity contribution >= 4 is 34.0 Å².